The number of hydrogen-bond acceptors (Lipinski definition) is 2. The molecular weight excluding hydrogens is 168 g/mol. The van der Waals surface area contributed by atoms with Crippen LogP contribution in [0.4, 0.5) is 4.79 Å². The van der Waals surface area contributed by atoms with Crippen LogP contribution in [0.1, 0.15) is 26.7 Å². The molecule has 0 aliphatic carbocycles. The smallest absolute Gasteiger partial charge is 0.324 e. The van der Waals surface area contributed by atoms with Gasteiger partial charge >= 0.3 is 6.03 Å². The highest BCUT2D eigenvalue weighted by atomic mass is 16.2. The first kappa shape index (κ1) is 10.0. The fraction of sp³-hybridized carbons (Fsp3) is 0.778. The Hall–Kier alpha value is -1.06. The van der Waals surface area contributed by atoms with Crippen LogP contribution in [0.25, 0.3) is 0 Å². The molecule has 1 unspecified atom stereocenters. The van der Waals surface area contributed by atoms with E-state index in [4.69, 9.17) is 0 Å². The number of hydrogen-bond donors (Lipinski definition) is 1. The lowest BCUT2D eigenvalue weighted by atomic mass is 10.0. The van der Waals surface area contributed by atoms with Crippen LogP contribution in [0.15, 0.2) is 0 Å². The van der Waals surface area contributed by atoms with Crippen molar-refractivity contribution < 1.29 is 9.59 Å². The maximum absolute atomic E-state index is 11.6. The van der Waals surface area contributed by atoms with E-state index in [1.54, 1.807) is 0 Å². The van der Waals surface area contributed by atoms with E-state index in [1.807, 2.05) is 13.8 Å². The van der Waals surface area contributed by atoms with Crippen molar-refractivity contribution in [3.8, 4) is 0 Å². The van der Waals surface area contributed by atoms with Gasteiger partial charge in [0.2, 0.25) is 5.91 Å². The molecule has 13 heavy (non-hydrogen) atoms. The molecule has 1 aliphatic rings. The summed E-state index contributed by atoms with van der Waals surface area (Å²) in [5, 5.41) is 2.71. The second-order valence-electron chi connectivity index (χ2n) is 3.28. The first-order chi connectivity index (χ1) is 6.20. The second kappa shape index (κ2) is 4.25. The van der Waals surface area contributed by atoms with E-state index in [2.05, 4.69) is 5.32 Å². The summed E-state index contributed by atoms with van der Waals surface area (Å²) < 4.78 is 0. The van der Waals surface area contributed by atoms with Crippen LogP contribution < -0.4 is 5.32 Å². The molecule has 1 aliphatic heterocycles. The maximum atomic E-state index is 11.6. The van der Waals surface area contributed by atoms with Gasteiger partial charge in [-0.15, -0.1) is 0 Å². The van der Waals surface area contributed by atoms with E-state index < -0.39 is 0 Å². The second-order valence-corrected chi connectivity index (χ2v) is 3.28. The molecule has 0 aromatic heterocycles. The monoisotopic (exact) mass is 184 g/mol. The number of carbonyl (C=O) groups is 2. The van der Waals surface area contributed by atoms with Gasteiger partial charge in [0.25, 0.3) is 0 Å². The van der Waals surface area contributed by atoms with Gasteiger partial charge < -0.3 is 5.32 Å². The number of amides is 3. The number of urea groups is 1. The molecule has 0 spiro atoms. The predicted molar refractivity (Wildman–Crippen MR) is 49.2 cm³/mol. The Morgan fingerprint density at radius 1 is 1.46 bits per heavy atom. The number of carbonyl (C=O) groups excluding carboxylic acids is 2. The molecule has 3 amide bonds. The highest BCUT2D eigenvalue weighted by molar-refractivity contribution is 5.98. The van der Waals surface area contributed by atoms with E-state index in [-0.39, 0.29) is 17.9 Å². The first-order valence-electron chi connectivity index (χ1n) is 4.79. The lowest BCUT2D eigenvalue weighted by molar-refractivity contribution is -0.133. The van der Waals surface area contributed by atoms with E-state index in [0.29, 0.717) is 13.1 Å². The van der Waals surface area contributed by atoms with Crippen LogP contribution in [0.3, 0.4) is 0 Å². The molecule has 1 fully saturated rings. The summed E-state index contributed by atoms with van der Waals surface area (Å²) in [6.45, 7) is 4.94. The van der Waals surface area contributed by atoms with Crippen molar-refractivity contribution in [1.82, 2.24) is 10.2 Å². The van der Waals surface area contributed by atoms with E-state index in [0.717, 1.165) is 12.8 Å². The molecular formula is C9H16N2O2. The molecule has 1 atom stereocenters. The molecule has 0 radical (unpaired) electrons. The van der Waals surface area contributed by atoms with Crippen LogP contribution in [0, 0.1) is 5.92 Å². The molecule has 74 valence electrons. The molecule has 4 nitrogen and oxygen atoms in total. The lowest BCUT2D eigenvalue weighted by Gasteiger charge is -2.30. The van der Waals surface area contributed by atoms with Gasteiger partial charge in [0, 0.05) is 13.1 Å². The number of nitrogens with zero attached hydrogens (tertiary/aromatic N) is 1. The standard InChI is InChI=1S/C9H16N2O2/c1-3-5-11-8(12)7(4-2)6-10-9(11)13/h7H,3-6H2,1-2H3,(H,10,13). The van der Waals surface area contributed by atoms with Crippen LogP contribution in [0.2, 0.25) is 0 Å². The number of imide groups is 1. The van der Waals surface area contributed by atoms with Gasteiger partial charge in [-0.1, -0.05) is 13.8 Å². The molecule has 0 aromatic rings. The minimum absolute atomic E-state index is 0.0203. The molecule has 1 N–H and O–H groups in total. The average molecular weight is 184 g/mol. The van der Waals surface area contributed by atoms with E-state index in [9.17, 15) is 9.59 Å². The zero-order chi connectivity index (χ0) is 9.84. The topological polar surface area (TPSA) is 49.4 Å². The minimum atomic E-state index is -0.239. The van der Waals surface area contributed by atoms with Crippen molar-refractivity contribution in [3.63, 3.8) is 0 Å². The average Bonchev–Trinajstić information content (AvgIpc) is 2.12. The molecule has 1 saturated heterocycles. The van der Waals surface area contributed by atoms with E-state index >= 15 is 0 Å². The third-order valence-electron chi connectivity index (χ3n) is 2.30. The molecule has 0 bridgehead atoms. The van der Waals surface area contributed by atoms with Gasteiger partial charge in [0.05, 0.1) is 5.92 Å². The summed E-state index contributed by atoms with van der Waals surface area (Å²) in [4.78, 5) is 24.2. The maximum Gasteiger partial charge on any atom is 0.324 e. The van der Waals surface area contributed by atoms with Gasteiger partial charge in [0.15, 0.2) is 0 Å². The Kier molecular flexibility index (Phi) is 3.28. The molecule has 4 heteroatoms. The van der Waals surface area contributed by atoms with Crippen molar-refractivity contribution >= 4 is 11.9 Å². The van der Waals surface area contributed by atoms with Crippen molar-refractivity contribution in [2.75, 3.05) is 13.1 Å². The van der Waals surface area contributed by atoms with Crippen LogP contribution >= 0.6 is 0 Å². The third-order valence-corrected chi connectivity index (χ3v) is 2.30. The highest BCUT2D eigenvalue weighted by Crippen LogP contribution is 2.12. The fourth-order valence-corrected chi connectivity index (χ4v) is 1.47. The predicted octanol–water partition coefficient (Wildman–Crippen LogP) is 0.974. The number of nitrogens with one attached hydrogen (secondary N) is 1. The minimum Gasteiger partial charge on any atom is -0.337 e. The Morgan fingerprint density at radius 3 is 2.69 bits per heavy atom. The third kappa shape index (κ3) is 1.99. The quantitative estimate of drug-likeness (QED) is 0.710. The van der Waals surface area contributed by atoms with Gasteiger partial charge in [-0.25, -0.2) is 4.79 Å². The molecule has 0 aromatic carbocycles. The Bertz CT molecular complexity index is 216. The van der Waals surface area contributed by atoms with E-state index in [1.165, 1.54) is 4.90 Å². The van der Waals surface area contributed by atoms with Gasteiger partial charge in [-0.05, 0) is 12.8 Å². The summed E-state index contributed by atoms with van der Waals surface area (Å²) >= 11 is 0. The zero-order valence-electron chi connectivity index (χ0n) is 8.17. The molecule has 1 heterocycles. The summed E-state index contributed by atoms with van der Waals surface area (Å²) in [6, 6.07) is -0.239. The Balaban J connectivity index is 2.66. The van der Waals surface area contributed by atoms with Gasteiger partial charge in [-0.2, -0.15) is 0 Å². The zero-order valence-corrected chi connectivity index (χ0v) is 8.17. The highest BCUT2D eigenvalue weighted by Gasteiger charge is 2.31. The summed E-state index contributed by atoms with van der Waals surface area (Å²) in [5.41, 5.74) is 0. The molecule has 0 saturated carbocycles. The van der Waals surface area contributed by atoms with Crippen molar-refractivity contribution in [2.45, 2.75) is 26.7 Å². The largest absolute Gasteiger partial charge is 0.337 e. The van der Waals surface area contributed by atoms with Gasteiger partial charge in [0.1, 0.15) is 0 Å². The SMILES string of the molecule is CCCN1C(=O)NCC(CC)C1=O. The van der Waals surface area contributed by atoms with Crippen LogP contribution in [0.5, 0.6) is 0 Å². The summed E-state index contributed by atoms with van der Waals surface area (Å²) in [6.07, 6.45) is 1.61. The van der Waals surface area contributed by atoms with Crippen molar-refractivity contribution in [3.05, 3.63) is 0 Å². The van der Waals surface area contributed by atoms with Crippen LogP contribution in [-0.4, -0.2) is 29.9 Å². The number of rotatable bonds is 3. The molecule has 1 rings (SSSR count). The van der Waals surface area contributed by atoms with Gasteiger partial charge in [-0.3, -0.25) is 9.69 Å². The lowest BCUT2D eigenvalue weighted by Crippen LogP contribution is -2.54. The van der Waals surface area contributed by atoms with Crippen molar-refractivity contribution in [1.29, 1.82) is 0 Å². The first-order valence-corrected chi connectivity index (χ1v) is 4.79. The Morgan fingerprint density at radius 2 is 2.15 bits per heavy atom. The summed E-state index contributed by atoms with van der Waals surface area (Å²) in [7, 11) is 0. The van der Waals surface area contributed by atoms with Crippen molar-refractivity contribution in [2.24, 2.45) is 5.92 Å². The summed E-state index contributed by atoms with van der Waals surface area (Å²) in [5.74, 6) is -0.0441. The fourth-order valence-electron chi connectivity index (χ4n) is 1.47. The normalized spacial score (nSPS) is 23.2. The van der Waals surface area contributed by atoms with Crippen LogP contribution in [-0.2, 0) is 4.79 Å². The Labute approximate surface area is 78.3 Å².